The normalized spacial score (nSPS) is 29.8. The first-order valence-electron chi connectivity index (χ1n) is 13.9. The zero-order chi connectivity index (χ0) is 31.0. The van der Waals surface area contributed by atoms with Gasteiger partial charge >= 0.3 is 5.97 Å². The van der Waals surface area contributed by atoms with Crippen LogP contribution in [-0.4, -0.2) is 58.4 Å². The molecule has 2 N–H and O–H groups in total. The number of carbonyl (C=O) groups is 5. The van der Waals surface area contributed by atoms with Crippen LogP contribution in [0.15, 0.2) is 48.0 Å². The number of amides is 4. The number of ether oxygens (including phenoxy) is 1. The number of allylic oxidation sites excluding steroid dienone is 2. The summed E-state index contributed by atoms with van der Waals surface area (Å²) in [7, 11) is 1.41. The number of likely N-dealkylation sites (tertiary alicyclic amines) is 1. The van der Waals surface area contributed by atoms with Crippen LogP contribution in [0.4, 0.5) is 10.1 Å². The molecule has 0 spiro atoms. The number of methoxy groups -OCH3 is 1. The molecule has 0 bridgehead atoms. The van der Waals surface area contributed by atoms with Crippen molar-refractivity contribution in [1.82, 2.24) is 4.90 Å². The predicted molar refractivity (Wildman–Crippen MR) is 150 cm³/mol. The zero-order valence-electron chi connectivity index (χ0n) is 23.3. The van der Waals surface area contributed by atoms with Crippen LogP contribution in [0.2, 0.25) is 5.02 Å². The fourth-order valence-electron chi connectivity index (χ4n) is 7.69. The van der Waals surface area contributed by atoms with E-state index in [1.807, 2.05) is 6.08 Å². The fourth-order valence-corrected chi connectivity index (χ4v) is 7.86. The van der Waals surface area contributed by atoms with E-state index in [4.69, 9.17) is 21.4 Å². The van der Waals surface area contributed by atoms with E-state index in [2.05, 4.69) is 0 Å². The predicted octanol–water partition coefficient (Wildman–Crippen LogP) is 3.90. The quantitative estimate of drug-likeness (QED) is 0.371. The Hall–Kier alpha value is -4.25. The summed E-state index contributed by atoms with van der Waals surface area (Å²) in [5.74, 6) is -8.10. The van der Waals surface area contributed by atoms with Crippen molar-refractivity contribution in [3.05, 3.63) is 64.5 Å². The number of halogens is 2. The third-order valence-corrected chi connectivity index (χ3v) is 9.92. The Bertz CT molecular complexity index is 1640. The molecule has 4 aliphatic rings. The molecule has 3 fully saturated rings. The maximum atomic E-state index is 14.4. The summed E-state index contributed by atoms with van der Waals surface area (Å²) in [4.78, 5) is 68.8. The van der Waals surface area contributed by atoms with Gasteiger partial charge in [0.2, 0.25) is 23.6 Å². The van der Waals surface area contributed by atoms with Gasteiger partial charge in [0.15, 0.2) is 0 Å². The number of aromatic hydroxyl groups is 1. The molecule has 4 amide bonds. The molecule has 2 aliphatic carbocycles. The lowest BCUT2D eigenvalue weighted by atomic mass is 9.51. The topological polar surface area (TPSA) is 142 Å². The SMILES string of the molecule is COc1cccc(O)c1[C@H]1C2=CC[C@@H]3C(=O)N(CCC(=O)O)C(=O)[C@@H]3[C@@H]2C[C@H]2C(=O)N(c3ccc(F)c(Cl)c3)C(=O)[C@@]12C. The summed E-state index contributed by atoms with van der Waals surface area (Å²) in [5, 5.41) is 20.1. The third kappa shape index (κ3) is 4.08. The van der Waals surface area contributed by atoms with E-state index >= 15 is 0 Å². The van der Waals surface area contributed by atoms with Crippen molar-refractivity contribution < 1.29 is 43.3 Å². The fraction of sp³-hybridized carbons (Fsp3) is 0.387. The summed E-state index contributed by atoms with van der Waals surface area (Å²) in [6.45, 7) is 1.37. The first kappa shape index (κ1) is 28.9. The Morgan fingerprint density at radius 1 is 1.12 bits per heavy atom. The van der Waals surface area contributed by atoms with Crippen molar-refractivity contribution in [2.45, 2.75) is 32.1 Å². The van der Waals surface area contributed by atoms with Gasteiger partial charge in [-0.2, -0.15) is 0 Å². The summed E-state index contributed by atoms with van der Waals surface area (Å²) in [5.41, 5.74) is -0.483. The highest BCUT2D eigenvalue weighted by molar-refractivity contribution is 6.31. The summed E-state index contributed by atoms with van der Waals surface area (Å²) >= 11 is 6.02. The Morgan fingerprint density at radius 3 is 2.53 bits per heavy atom. The van der Waals surface area contributed by atoms with Gasteiger partial charge in [-0.3, -0.25) is 28.9 Å². The Kier molecular flexibility index (Phi) is 6.83. The molecule has 6 atom stereocenters. The largest absolute Gasteiger partial charge is 0.508 e. The highest BCUT2D eigenvalue weighted by Crippen LogP contribution is 2.65. The number of carboxylic acid groups (broad SMARTS) is 1. The number of fused-ring (bicyclic) bond motifs is 4. The number of anilines is 1. The molecule has 2 aromatic carbocycles. The lowest BCUT2D eigenvalue weighted by molar-refractivity contribution is -0.142. The Balaban J connectivity index is 1.52. The molecule has 2 aromatic rings. The minimum Gasteiger partial charge on any atom is -0.508 e. The van der Waals surface area contributed by atoms with Gasteiger partial charge < -0.3 is 14.9 Å². The van der Waals surface area contributed by atoms with E-state index < -0.39 is 76.8 Å². The van der Waals surface area contributed by atoms with Gasteiger partial charge in [0.05, 0.1) is 47.4 Å². The molecule has 0 aromatic heterocycles. The molecule has 2 saturated heterocycles. The third-order valence-electron chi connectivity index (χ3n) is 9.63. The van der Waals surface area contributed by atoms with Crippen LogP contribution in [0.1, 0.15) is 37.7 Å². The first-order valence-corrected chi connectivity index (χ1v) is 14.3. The molecule has 2 heterocycles. The number of phenolic OH excluding ortho intramolecular Hbond substituents is 1. The van der Waals surface area contributed by atoms with E-state index in [-0.39, 0.29) is 47.2 Å². The maximum Gasteiger partial charge on any atom is 0.305 e. The molecule has 1 saturated carbocycles. The first-order chi connectivity index (χ1) is 20.4. The second-order valence-electron chi connectivity index (χ2n) is 11.6. The van der Waals surface area contributed by atoms with Gasteiger partial charge in [0, 0.05) is 18.0 Å². The minimum absolute atomic E-state index is 0.0533. The number of hydrogen-bond donors (Lipinski definition) is 2. The van der Waals surface area contributed by atoms with Crippen LogP contribution in [0.3, 0.4) is 0 Å². The van der Waals surface area contributed by atoms with Gasteiger partial charge in [-0.1, -0.05) is 29.3 Å². The monoisotopic (exact) mass is 610 g/mol. The summed E-state index contributed by atoms with van der Waals surface area (Å²) < 4.78 is 19.6. The van der Waals surface area contributed by atoms with E-state index in [1.165, 1.54) is 25.3 Å². The van der Waals surface area contributed by atoms with Crippen molar-refractivity contribution in [3.8, 4) is 11.5 Å². The van der Waals surface area contributed by atoms with Crippen molar-refractivity contribution in [2.24, 2.45) is 29.1 Å². The number of nitrogens with zero attached hydrogens (tertiary/aromatic N) is 2. The molecule has 224 valence electrons. The number of imide groups is 2. The van der Waals surface area contributed by atoms with Crippen molar-refractivity contribution in [1.29, 1.82) is 0 Å². The van der Waals surface area contributed by atoms with Crippen LogP contribution in [0, 0.1) is 34.9 Å². The number of hydrogen-bond acceptors (Lipinski definition) is 7. The lowest BCUT2D eigenvalue weighted by Crippen LogP contribution is -2.49. The number of aliphatic carboxylic acids is 1. The average molecular weight is 611 g/mol. The van der Waals surface area contributed by atoms with Gasteiger partial charge in [0.25, 0.3) is 0 Å². The van der Waals surface area contributed by atoms with E-state index in [0.29, 0.717) is 5.57 Å². The molecule has 12 heteroatoms. The van der Waals surface area contributed by atoms with Gasteiger partial charge in [0.1, 0.15) is 17.3 Å². The molecule has 6 rings (SSSR count). The summed E-state index contributed by atoms with van der Waals surface area (Å²) in [6.07, 6.45) is 1.63. The van der Waals surface area contributed by atoms with Crippen LogP contribution in [-0.2, 0) is 24.0 Å². The molecule has 0 unspecified atom stereocenters. The van der Waals surface area contributed by atoms with Crippen LogP contribution in [0.25, 0.3) is 0 Å². The number of carbonyl (C=O) groups excluding carboxylic acids is 4. The second kappa shape index (κ2) is 10.2. The second-order valence-corrected chi connectivity index (χ2v) is 12.0. The molecule has 2 aliphatic heterocycles. The zero-order valence-corrected chi connectivity index (χ0v) is 24.0. The number of phenols is 1. The minimum atomic E-state index is -1.46. The van der Waals surface area contributed by atoms with E-state index in [9.17, 15) is 33.5 Å². The van der Waals surface area contributed by atoms with Crippen LogP contribution in [0.5, 0.6) is 11.5 Å². The highest BCUT2D eigenvalue weighted by atomic mass is 35.5. The smallest absolute Gasteiger partial charge is 0.305 e. The highest BCUT2D eigenvalue weighted by Gasteiger charge is 2.68. The van der Waals surface area contributed by atoms with Crippen molar-refractivity contribution >= 4 is 46.9 Å². The van der Waals surface area contributed by atoms with Crippen LogP contribution < -0.4 is 9.64 Å². The lowest BCUT2D eigenvalue weighted by Gasteiger charge is -2.49. The van der Waals surface area contributed by atoms with Gasteiger partial charge in [-0.25, -0.2) is 9.29 Å². The van der Waals surface area contributed by atoms with Gasteiger partial charge in [-0.05, 0) is 56.0 Å². The number of benzene rings is 2. The van der Waals surface area contributed by atoms with Crippen molar-refractivity contribution in [3.63, 3.8) is 0 Å². The number of carboxylic acids is 1. The molecule has 10 nitrogen and oxygen atoms in total. The Morgan fingerprint density at radius 2 is 1.86 bits per heavy atom. The molecule has 43 heavy (non-hydrogen) atoms. The standard InChI is InChI=1S/C31H28ClFN2O8/c1-31-18(28(40)35(30(31)42)14-6-9-20(33)19(32)12-14)13-17-15(26(31)25-21(36)4-3-5-22(25)43-2)7-8-16-24(17)29(41)34(27(16)39)11-10-23(37)38/h3-7,9,12,16-18,24,26,36H,8,10-11,13H2,1-2H3,(H,37,38)/t16-,17+,18-,24-,26+,31+/m0/s1. The van der Waals surface area contributed by atoms with E-state index in [1.54, 1.807) is 19.1 Å². The van der Waals surface area contributed by atoms with Gasteiger partial charge in [-0.15, -0.1) is 0 Å². The molecular formula is C31H28ClFN2O8. The van der Waals surface area contributed by atoms with Crippen LogP contribution >= 0.6 is 11.6 Å². The maximum absolute atomic E-state index is 14.4. The summed E-state index contributed by atoms with van der Waals surface area (Å²) in [6, 6.07) is 8.20. The number of rotatable bonds is 6. The van der Waals surface area contributed by atoms with Crippen molar-refractivity contribution in [2.75, 3.05) is 18.6 Å². The molecule has 0 radical (unpaired) electrons. The average Bonchev–Trinajstić information content (AvgIpc) is 3.33. The van der Waals surface area contributed by atoms with E-state index in [0.717, 1.165) is 15.9 Å². The molecular weight excluding hydrogens is 583 g/mol. The Labute approximate surface area is 250 Å².